The van der Waals surface area contributed by atoms with Crippen molar-refractivity contribution in [1.29, 1.82) is 0 Å². The SMILES string of the molecule is Cn1c2c(c3ccccc31)C1=C(COc3ccccc31)CS2. The van der Waals surface area contributed by atoms with Crippen molar-refractivity contribution >= 4 is 28.2 Å². The fraction of sp³-hybridized carbons (Fsp3) is 0.158. The number of nitrogens with zero attached hydrogens (tertiary/aromatic N) is 1. The van der Waals surface area contributed by atoms with Gasteiger partial charge in [-0.3, -0.25) is 0 Å². The number of aryl methyl sites for hydroxylation is 1. The maximum atomic E-state index is 5.95. The van der Waals surface area contributed by atoms with Gasteiger partial charge in [0.1, 0.15) is 12.4 Å². The van der Waals surface area contributed by atoms with E-state index in [0.29, 0.717) is 6.61 Å². The van der Waals surface area contributed by atoms with Crippen LogP contribution in [0.4, 0.5) is 0 Å². The van der Waals surface area contributed by atoms with E-state index in [1.807, 2.05) is 17.8 Å². The first-order valence-corrected chi connectivity index (χ1v) is 8.48. The Morgan fingerprint density at radius 3 is 2.82 bits per heavy atom. The molecule has 0 unspecified atom stereocenters. The summed E-state index contributed by atoms with van der Waals surface area (Å²) in [5.41, 5.74) is 6.74. The van der Waals surface area contributed by atoms with Crippen molar-refractivity contribution in [3.05, 3.63) is 65.2 Å². The molecule has 1 aromatic heterocycles. The predicted molar refractivity (Wildman–Crippen MR) is 91.6 cm³/mol. The van der Waals surface area contributed by atoms with Crippen molar-refractivity contribution in [2.24, 2.45) is 7.05 Å². The van der Waals surface area contributed by atoms with Crippen LogP contribution in [0, 0.1) is 0 Å². The summed E-state index contributed by atoms with van der Waals surface area (Å²) in [5.74, 6) is 2.02. The second-order valence-electron chi connectivity index (χ2n) is 5.81. The van der Waals surface area contributed by atoms with Crippen molar-refractivity contribution in [3.63, 3.8) is 0 Å². The zero-order chi connectivity index (χ0) is 14.7. The van der Waals surface area contributed by atoms with Crippen LogP contribution in [0.15, 0.2) is 59.1 Å². The molecule has 5 rings (SSSR count). The molecule has 0 aliphatic carbocycles. The molecule has 2 nitrogen and oxygen atoms in total. The quantitative estimate of drug-likeness (QED) is 0.608. The third kappa shape index (κ3) is 1.52. The predicted octanol–water partition coefficient (Wildman–Crippen LogP) is 4.48. The molecule has 0 spiro atoms. The average Bonchev–Trinajstić information content (AvgIpc) is 2.88. The Labute approximate surface area is 133 Å². The summed E-state index contributed by atoms with van der Waals surface area (Å²) in [6.45, 7) is 0.710. The maximum Gasteiger partial charge on any atom is 0.127 e. The van der Waals surface area contributed by atoms with Crippen molar-refractivity contribution < 1.29 is 4.74 Å². The third-order valence-corrected chi connectivity index (χ3v) is 5.84. The van der Waals surface area contributed by atoms with Crippen LogP contribution in [-0.2, 0) is 7.05 Å². The zero-order valence-electron chi connectivity index (χ0n) is 12.3. The molecule has 0 fully saturated rings. The van der Waals surface area contributed by atoms with Crippen molar-refractivity contribution in [2.75, 3.05) is 12.4 Å². The molecule has 3 aromatic rings. The van der Waals surface area contributed by atoms with Gasteiger partial charge in [-0.1, -0.05) is 36.4 Å². The molecule has 0 amide bonds. The lowest BCUT2D eigenvalue weighted by atomic mass is 9.91. The normalized spacial score (nSPS) is 16.0. The summed E-state index contributed by atoms with van der Waals surface area (Å²) < 4.78 is 8.28. The zero-order valence-corrected chi connectivity index (χ0v) is 13.1. The minimum absolute atomic E-state index is 0.710. The Morgan fingerprint density at radius 1 is 1.05 bits per heavy atom. The molecule has 22 heavy (non-hydrogen) atoms. The third-order valence-electron chi connectivity index (χ3n) is 4.60. The molecule has 0 N–H and O–H groups in total. The largest absolute Gasteiger partial charge is 0.489 e. The Bertz CT molecular complexity index is 951. The lowest BCUT2D eigenvalue weighted by Crippen LogP contribution is -2.16. The van der Waals surface area contributed by atoms with E-state index in [-0.39, 0.29) is 0 Å². The molecule has 108 valence electrons. The first-order chi connectivity index (χ1) is 10.8. The Morgan fingerprint density at radius 2 is 1.86 bits per heavy atom. The van der Waals surface area contributed by atoms with Gasteiger partial charge in [0.2, 0.25) is 0 Å². The molecular formula is C19H15NOS. The number of benzene rings is 2. The van der Waals surface area contributed by atoms with Crippen LogP contribution in [0.2, 0.25) is 0 Å². The van der Waals surface area contributed by atoms with Crippen molar-refractivity contribution in [1.82, 2.24) is 4.57 Å². The van der Waals surface area contributed by atoms with Gasteiger partial charge in [0.15, 0.2) is 0 Å². The second kappa shape index (κ2) is 4.43. The average molecular weight is 305 g/mol. The summed E-state index contributed by atoms with van der Waals surface area (Å²) in [6.07, 6.45) is 0. The molecule has 0 radical (unpaired) electrons. The van der Waals surface area contributed by atoms with Gasteiger partial charge in [-0.05, 0) is 23.3 Å². The van der Waals surface area contributed by atoms with Crippen LogP contribution < -0.4 is 4.74 Å². The van der Waals surface area contributed by atoms with E-state index in [0.717, 1.165) is 11.5 Å². The number of fused-ring (bicyclic) bond motifs is 6. The Hall–Kier alpha value is -2.13. The number of para-hydroxylation sites is 2. The van der Waals surface area contributed by atoms with Crippen LogP contribution in [0.25, 0.3) is 16.5 Å². The highest BCUT2D eigenvalue weighted by Crippen LogP contribution is 2.48. The van der Waals surface area contributed by atoms with Crippen LogP contribution in [-0.4, -0.2) is 16.9 Å². The van der Waals surface area contributed by atoms with Crippen molar-refractivity contribution in [2.45, 2.75) is 5.03 Å². The Balaban J connectivity index is 1.90. The fourth-order valence-electron chi connectivity index (χ4n) is 3.59. The van der Waals surface area contributed by atoms with E-state index < -0.39 is 0 Å². The molecule has 0 saturated heterocycles. The summed E-state index contributed by atoms with van der Waals surface area (Å²) >= 11 is 1.93. The minimum atomic E-state index is 0.710. The number of thioether (sulfide) groups is 1. The van der Waals surface area contributed by atoms with Gasteiger partial charge in [-0.25, -0.2) is 0 Å². The highest BCUT2D eigenvalue weighted by molar-refractivity contribution is 7.99. The van der Waals surface area contributed by atoms with E-state index in [1.165, 1.54) is 38.2 Å². The van der Waals surface area contributed by atoms with Gasteiger partial charge in [-0.15, -0.1) is 11.8 Å². The highest BCUT2D eigenvalue weighted by Gasteiger charge is 2.30. The standard InChI is InChI=1S/C19H15NOS/c1-20-15-8-4-2-6-13(15)18-17-12(11-22-19(18)20)10-21-16-9-5-3-7-14(16)17/h2-9H,10-11H2,1H3. The molecule has 0 saturated carbocycles. The highest BCUT2D eigenvalue weighted by atomic mass is 32.2. The smallest absolute Gasteiger partial charge is 0.127 e. The molecule has 2 aliphatic rings. The summed E-state index contributed by atoms with van der Waals surface area (Å²) in [6, 6.07) is 17.1. The summed E-state index contributed by atoms with van der Waals surface area (Å²) in [5, 5.41) is 2.72. The summed E-state index contributed by atoms with van der Waals surface area (Å²) in [7, 11) is 2.17. The van der Waals surface area contributed by atoms with Crippen LogP contribution in [0.1, 0.15) is 11.1 Å². The van der Waals surface area contributed by atoms with E-state index in [4.69, 9.17) is 4.74 Å². The first-order valence-electron chi connectivity index (χ1n) is 7.49. The molecule has 0 bridgehead atoms. The van der Waals surface area contributed by atoms with Crippen LogP contribution >= 0.6 is 11.8 Å². The van der Waals surface area contributed by atoms with E-state index >= 15 is 0 Å². The van der Waals surface area contributed by atoms with Gasteiger partial charge >= 0.3 is 0 Å². The molecule has 2 aliphatic heterocycles. The van der Waals surface area contributed by atoms with Gasteiger partial charge in [0.25, 0.3) is 0 Å². The molecule has 3 heterocycles. The van der Waals surface area contributed by atoms with Crippen LogP contribution in [0.3, 0.4) is 0 Å². The molecule has 0 atom stereocenters. The lowest BCUT2D eigenvalue weighted by Gasteiger charge is -2.28. The number of ether oxygens (including phenoxy) is 1. The molecule has 3 heteroatoms. The second-order valence-corrected chi connectivity index (χ2v) is 6.77. The fourth-order valence-corrected chi connectivity index (χ4v) is 4.77. The van der Waals surface area contributed by atoms with Gasteiger partial charge in [0, 0.05) is 34.8 Å². The minimum Gasteiger partial charge on any atom is -0.489 e. The first kappa shape index (κ1) is 12.4. The number of hydrogen-bond acceptors (Lipinski definition) is 2. The van der Waals surface area contributed by atoms with Gasteiger partial charge < -0.3 is 9.30 Å². The summed E-state index contributed by atoms with van der Waals surface area (Å²) in [4.78, 5) is 0. The van der Waals surface area contributed by atoms with E-state index in [9.17, 15) is 0 Å². The van der Waals surface area contributed by atoms with Crippen molar-refractivity contribution in [3.8, 4) is 5.75 Å². The van der Waals surface area contributed by atoms with Crippen LogP contribution in [0.5, 0.6) is 5.75 Å². The Kier molecular flexibility index (Phi) is 2.50. The maximum absolute atomic E-state index is 5.95. The van der Waals surface area contributed by atoms with E-state index in [2.05, 4.69) is 54.1 Å². The van der Waals surface area contributed by atoms with Gasteiger partial charge in [0.05, 0.1) is 5.03 Å². The van der Waals surface area contributed by atoms with Gasteiger partial charge in [-0.2, -0.15) is 0 Å². The molecule has 2 aromatic carbocycles. The number of aromatic nitrogens is 1. The lowest BCUT2D eigenvalue weighted by molar-refractivity contribution is 0.346. The number of hydrogen-bond donors (Lipinski definition) is 0. The van der Waals surface area contributed by atoms with E-state index in [1.54, 1.807) is 0 Å². The number of rotatable bonds is 0. The molecular weight excluding hydrogens is 290 g/mol. The topological polar surface area (TPSA) is 14.2 Å². The monoisotopic (exact) mass is 305 g/mol.